The van der Waals surface area contributed by atoms with E-state index in [4.69, 9.17) is 4.74 Å². The zero-order valence-corrected chi connectivity index (χ0v) is 14.5. The average molecular weight is 360 g/mol. The zero-order valence-electron chi connectivity index (χ0n) is 14.5. The topological polar surface area (TPSA) is 85.6 Å². The van der Waals surface area contributed by atoms with E-state index in [-0.39, 0.29) is 24.2 Å². The number of amides is 2. The first-order valence-electron chi connectivity index (χ1n) is 8.70. The Morgan fingerprint density at radius 3 is 2.85 bits per heavy atom. The molecule has 7 nitrogen and oxygen atoms in total. The van der Waals surface area contributed by atoms with Crippen molar-refractivity contribution in [2.75, 3.05) is 12.4 Å². The van der Waals surface area contributed by atoms with Gasteiger partial charge in [0.15, 0.2) is 0 Å². The minimum atomic E-state index is -0.570. The standard InChI is InChI=1S/C20H16N4O3/c1-27-12-6-4-5-11(9-12)13-10-16(25)22-18-17(13)19(26)23-20-21-14-7-2-3-8-15(14)24(18)20/h2-9,13,17H,10H2,1H3,(H,21,23,26). The van der Waals surface area contributed by atoms with Crippen molar-refractivity contribution in [2.24, 2.45) is 10.9 Å². The van der Waals surface area contributed by atoms with Gasteiger partial charge in [-0.05, 0) is 29.8 Å². The lowest BCUT2D eigenvalue weighted by Gasteiger charge is -2.34. The van der Waals surface area contributed by atoms with Gasteiger partial charge in [-0.15, -0.1) is 0 Å². The minimum absolute atomic E-state index is 0.177. The molecule has 2 aliphatic rings. The zero-order chi connectivity index (χ0) is 18.5. The van der Waals surface area contributed by atoms with Gasteiger partial charge in [0.2, 0.25) is 17.8 Å². The van der Waals surface area contributed by atoms with Crippen LogP contribution in [0.25, 0.3) is 11.0 Å². The van der Waals surface area contributed by atoms with E-state index < -0.39 is 5.92 Å². The van der Waals surface area contributed by atoms with Crippen LogP contribution < -0.4 is 10.1 Å². The third-order valence-corrected chi connectivity index (χ3v) is 5.14. The normalized spacial score (nSPS) is 21.3. The van der Waals surface area contributed by atoms with E-state index in [1.165, 1.54) is 0 Å². The molecule has 2 aromatic carbocycles. The predicted molar refractivity (Wildman–Crippen MR) is 100 cm³/mol. The van der Waals surface area contributed by atoms with Crippen LogP contribution in [0.2, 0.25) is 0 Å². The minimum Gasteiger partial charge on any atom is -0.497 e. The highest BCUT2D eigenvalue weighted by Crippen LogP contribution is 2.39. The molecule has 134 valence electrons. The predicted octanol–water partition coefficient (Wildman–Crippen LogP) is 2.57. The monoisotopic (exact) mass is 360 g/mol. The van der Waals surface area contributed by atoms with Crippen LogP contribution in [-0.4, -0.2) is 34.3 Å². The van der Waals surface area contributed by atoms with E-state index in [1.54, 1.807) is 11.7 Å². The molecule has 2 aliphatic heterocycles. The van der Waals surface area contributed by atoms with Gasteiger partial charge in [-0.25, -0.2) is 4.98 Å². The fourth-order valence-electron chi connectivity index (χ4n) is 3.93. The van der Waals surface area contributed by atoms with Crippen molar-refractivity contribution in [2.45, 2.75) is 12.3 Å². The SMILES string of the molecule is COc1cccc(C2CC(=O)N=C3C2C(=O)Nc2nc4ccccc4n23)c1. The highest BCUT2D eigenvalue weighted by atomic mass is 16.5. The van der Waals surface area contributed by atoms with Crippen molar-refractivity contribution in [1.82, 2.24) is 9.55 Å². The molecule has 3 heterocycles. The van der Waals surface area contributed by atoms with Gasteiger partial charge in [-0.3, -0.25) is 19.5 Å². The summed E-state index contributed by atoms with van der Waals surface area (Å²) in [7, 11) is 1.59. The molecule has 27 heavy (non-hydrogen) atoms. The van der Waals surface area contributed by atoms with Gasteiger partial charge >= 0.3 is 0 Å². The molecule has 0 spiro atoms. The largest absolute Gasteiger partial charge is 0.497 e. The number of para-hydroxylation sites is 2. The number of hydrogen-bond acceptors (Lipinski definition) is 4. The van der Waals surface area contributed by atoms with Crippen LogP contribution in [0.4, 0.5) is 5.95 Å². The number of hydrogen-bond donors (Lipinski definition) is 1. The molecule has 3 aromatic rings. The average Bonchev–Trinajstić information content (AvgIpc) is 3.05. The van der Waals surface area contributed by atoms with E-state index >= 15 is 0 Å². The summed E-state index contributed by atoms with van der Waals surface area (Å²) in [5, 5.41) is 2.88. The summed E-state index contributed by atoms with van der Waals surface area (Å²) < 4.78 is 7.09. The fraction of sp³-hybridized carbons (Fsp3) is 0.200. The first-order valence-corrected chi connectivity index (χ1v) is 8.70. The van der Waals surface area contributed by atoms with Gasteiger partial charge in [0.1, 0.15) is 17.5 Å². The Balaban J connectivity index is 1.70. The summed E-state index contributed by atoms with van der Waals surface area (Å²) in [6.07, 6.45) is 0.177. The maximum Gasteiger partial charge on any atom is 0.248 e. The van der Waals surface area contributed by atoms with Crippen LogP contribution in [0.5, 0.6) is 5.75 Å². The second-order valence-electron chi connectivity index (χ2n) is 6.68. The Hall–Kier alpha value is -3.48. The molecule has 0 aliphatic carbocycles. The molecule has 2 unspecified atom stereocenters. The van der Waals surface area contributed by atoms with E-state index in [1.807, 2.05) is 48.5 Å². The third-order valence-electron chi connectivity index (χ3n) is 5.14. The number of ether oxygens (including phenoxy) is 1. The lowest BCUT2D eigenvalue weighted by Crippen LogP contribution is -2.46. The molecule has 0 saturated carbocycles. The van der Waals surface area contributed by atoms with Gasteiger partial charge in [0.25, 0.3) is 0 Å². The molecular weight excluding hydrogens is 344 g/mol. The van der Waals surface area contributed by atoms with Crippen molar-refractivity contribution in [3.63, 3.8) is 0 Å². The maximum atomic E-state index is 12.9. The Morgan fingerprint density at radius 1 is 1.15 bits per heavy atom. The van der Waals surface area contributed by atoms with E-state index in [2.05, 4.69) is 15.3 Å². The van der Waals surface area contributed by atoms with Crippen LogP contribution in [-0.2, 0) is 9.59 Å². The fourth-order valence-corrected chi connectivity index (χ4v) is 3.93. The highest BCUT2D eigenvalue weighted by molar-refractivity contribution is 6.20. The van der Waals surface area contributed by atoms with Crippen LogP contribution in [0.3, 0.4) is 0 Å². The highest BCUT2D eigenvalue weighted by Gasteiger charge is 2.44. The molecule has 2 atom stereocenters. The molecule has 1 N–H and O–H groups in total. The molecule has 0 fully saturated rings. The van der Waals surface area contributed by atoms with Gasteiger partial charge in [-0.1, -0.05) is 24.3 Å². The van der Waals surface area contributed by atoms with Gasteiger partial charge in [0.05, 0.1) is 18.1 Å². The number of rotatable bonds is 2. The Morgan fingerprint density at radius 2 is 2.00 bits per heavy atom. The summed E-state index contributed by atoms with van der Waals surface area (Å²) in [6.45, 7) is 0. The molecule has 0 bridgehead atoms. The number of carbonyl (C=O) groups is 2. The number of methoxy groups -OCH3 is 1. The van der Waals surface area contributed by atoms with E-state index in [9.17, 15) is 9.59 Å². The van der Waals surface area contributed by atoms with Crippen LogP contribution in [0, 0.1) is 5.92 Å². The summed E-state index contributed by atoms with van der Waals surface area (Å²) in [4.78, 5) is 34.1. The number of imidazole rings is 1. The molecule has 0 radical (unpaired) electrons. The molecular formula is C20H16N4O3. The number of aromatic nitrogens is 2. The van der Waals surface area contributed by atoms with Crippen LogP contribution in [0.1, 0.15) is 17.9 Å². The van der Waals surface area contributed by atoms with Gasteiger partial charge in [0, 0.05) is 12.3 Å². The molecule has 5 rings (SSSR count). The van der Waals surface area contributed by atoms with Gasteiger partial charge < -0.3 is 4.74 Å². The number of nitrogens with one attached hydrogen (secondary N) is 1. The second-order valence-corrected chi connectivity index (χ2v) is 6.68. The number of aliphatic imine (C=N–C) groups is 1. The Labute approximate surface area is 154 Å². The van der Waals surface area contributed by atoms with Crippen molar-refractivity contribution in [1.29, 1.82) is 0 Å². The maximum absolute atomic E-state index is 12.9. The van der Waals surface area contributed by atoms with Crippen molar-refractivity contribution in [3.05, 3.63) is 54.1 Å². The number of benzene rings is 2. The lowest BCUT2D eigenvalue weighted by atomic mass is 9.79. The lowest BCUT2D eigenvalue weighted by molar-refractivity contribution is -0.121. The quantitative estimate of drug-likeness (QED) is 0.761. The molecule has 7 heteroatoms. The number of fused-ring (bicyclic) bond motifs is 5. The van der Waals surface area contributed by atoms with Crippen molar-refractivity contribution in [3.8, 4) is 5.75 Å². The summed E-state index contributed by atoms with van der Waals surface area (Å²) in [6, 6.07) is 15.0. The smallest absolute Gasteiger partial charge is 0.248 e. The molecule has 0 saturated heterocycles. The second kappa shape index (κ2) is 5.77. The van der Waals surface area contributed by atoms with E-state index in [0.717, 1.165) is 16.6 Å². The number of carbonyl (C=O) groups excluding carboxylic acids is 2. The molecule has 1 aromatic heterocycles. The van der Waals surface area contributed by atoms with Crippen LogP contribution in [0.15, 0.2) is 53.5 Å². The van der Waals surface area contributed by atoms with Crippen molar-refractivity contribution >= 4 is 34.6 Å². The Bertz CT molecular complexity index is 1130. The number of anilines is 1. The van der Waals surface area contributed by atoms with Crippen molar-refractivity contribution < 1.29 is 14.3 Å². The summed E-state index contributed by atoms with van der Waals surface area (Å²) in [5.41, 5.74) is 2.44. The van der Waals surface area contributed by atoms with E-state index in [0.29, 0.717) is 17.5 Å². The summed E-state index contributed by atoms with van der Waals surface area (Å²) >= 11 is 0. The first kappa shape index (κ1) is 15.7. The Kier molecular flexibility index (Phi) is 3.36. The molecule has 2 amide bonds. The van der Waals surface area contributed by atoms with Gasteiger partial charge in [-0.2, -0.15) is 4.99 Å². The van der Waals surface area contributed by atoms with Crippen LogP contribution >= 0.6 is 0 Å². The first-order chi connectivity index (χ1) is 13.2. The third kappa shape index (κ3) is 2.35. The number of nitrogens with zero attached hydrogens (tertiary/aromatic N) is 3. The summed E-state index contributed by atoms with van der Waals surface area (Å²) in [5.74, 6) is 0.203.